The average Bonchev–Trinajstić information content (AvgIpc) is 2.67. The molecule has 1 aromatic carbocycles. The van der Waals surface area contributed by atoms with Crippen LogP contribution in [-0.2, 0) is 12.0 Å². The van der Waals surface area contributed by atoms with Gasteiger partial charge in [-0.15, -0.1) is 0 Å². The molecule has 0 saturated carbocycles. The van der Waals surface area contributed by atoms with Gasteiger partial charge >= 0.3 is 0 Å². The lowest BCUT2D eigenvalue weighted by atomic mass is 9.86. The molecule has 0 bridgehead atoms. The Morgan fingerprint density at radius 1 is 0.963 bits per heavy atom. The van der Waals surface area contributed by atoms with Crippen molar-refractivity contribution in [1.29, 1.82) is 0 Å². The first kappa shape index (κ1) is 18.6. The molecule has 0 radical (unpaired) electrons. The van der Waals surface area contributed by atoms with Crippen molar-refractivity contribution in [2.45, 2.75) is 32.7 Å². The molecule has 0 aliphatic rings. The van der Waals surface area contributed by atoms with Gasteiger partial charge < -0.3 is 10.6 Å². The van der Waals surface area contributed by atoms with Gasteiger partial charge in [0.25, 0.3) is 5.91 Å². The zero-order valence-corrected chi connectivity index (χ0v) is 15.9. The fourth-order valence-electron chi connectivity index (χ4n) is 2.79. The zero-order valence-electron chi connectivity index (χ0n) is 15.9. The van der Waals surface area contributed by atoms with E-state index in [4.69, 9.17) is 0 Å². The van der Waals surface area contributed by atoms with Crippen molar-refractivity contribution in [1.82, 2.24) is 9.97 Å². The van der Waals surface area contributed by atoms with Crippen molar-refractivity contribution >= 4 is 17.4 Å². The Hall–Kier alpha value is -3.21. The third kappa shape index (κ3) is 4.91. The molecule has 0 aliphatic heterocycles. The number of anilines is 2. The maximum atomic E-state index is 12.7. The molecule has 2 aromatic heterocycles. The summed E-state index contributed by atoms with van der Waals surface area (Å²) in [7, 11) is 0. The maximum Gasteiger partial charge on any atom is 0.255 e. The summed E-state index contributed by atoms with van der Waals surface area (Å²) in [6, 6.07) is 17.1. The maximum absolute atomic E-state index is 12.7. The quantitative estimate of drug-likeness (QED) is 0.696. The minimum absolute atomic E-state index is 0.0580. The summed E-state index contributed by atoms with van der Waals surface area (Å²) in [6.45, 7) is 6.93. The van der Waals surface area contributed by atoms with E-state index in [0.29, 0.717) is 17.9 Å². The van der Waals surface area contributed by atoms with Crippen molar-refractivity contribution in [2.75, 3.05) is 10.6 Å². The summed E-state index contributed by atoms with van der Waals surface area (Å²) in [5, 5.41) is 6.23. The number of hydrogen-bond acceptors (Lipinski definition) is 4. The van der Waals surface area contributed by atoms with E-state index in [1.165, 1.54) is 0 Å². The predicted molar refractivity (Wildman–Crippen MR) is 109 cm³/mol. The van der Waals surface area contributed by atoms with E-state index < -0.39 is 0 Å². The first-order chi connectivity index (χ1) is 12.9. The van der Waals surface area contributed by atoms with Crippen LogP contribution < -0.4 is 10.6 Å². The number of pyridine rings is 2. The van der Waals surface area contributed by atoms with E-state index >= 15 is 0 Å². The summed E-state index contributed by atoms with van der Waals surface area (Å²) in [6.07, 6.45) is 3.38. The van der Waals surface area contributed by atoms with Crippen molar-refractivity contribution in [3.63, 3.8) is 0 Å². The van der Waals surface area contributed by atoms with Gasteiger partial charge in [0.05, 0.1) is 12.2 Å². The summed E-state index contributed by atoms with van der Waals surface area (Å²) in [5.74, 6) is 0.479. The van der Waals surface area contributed by atoms with E-state index in [1.807, 2.05) is 42.5 Å². The molecule has 27 heavy (non-hydrogen) atoms. The third-order valence-electron chi connectivity index (χ3n) is 4.18. The topological polar surface area (TPSA) is 66.9 Å². The molecule has 0 unspecified atom stereocenters. The molecule has 2 N–H and O–H groups in total. The van der Waals surface area contributed by atoms with Gasteiger partial charge in [-0.3, -0.25) is 9.78 Å². The molecule has 0 spiro atoms. The molecule has 0 aliphatic carbocycles. The van der Waals surface area contributed by atoms with Crippen LogP contribution in [0.15, 0.2) is 67.0 Å². The van der Waals surface area contributed by atoms with Crippen molar-refractivity contribution in [3.8, 4) is 0 Å². The molecule has 138 valence electrons. The number of nitrogens with one attached hydrogen (secondary N) is 2. The fourth-order valence-corrected chi connectivity index (χ4v) is 2.79. The highest BCUT2D eigenvalue weighted by molar-refractivity contribution is 6.05. The number of carbonyl (C=O) groups excluding carboxylic acids is 1. The number of nitrogens with zero attached hydrogens (tertiary/aromatic N) is 2. The number of rotatable bonds is 5. The lowest BCUT2D eigenvalue weighted by Crippen LogP contribution is -2.19. The second-order valence-electron chi connectivity index (χ2n) is 7.35. The van der Waals surface area contributed by atoms with Crippen LogP contribution in [-0.4, -0.2) is 15.9 Å². The predicted octanol–water partition coefficient (Wildman–Crippen LogP) is 4.64. The highest BCUT2D eigenvalue weighted by Crippen LogP contribution is 2.29. The molecular weight excluding hydrogens is 336 g/mol. The number of para-hydroxylation sites is 1. The number of amides is 1. The summed E-state index contributed by atoms with van der Waals surface area (Å²) < 4.78 is 0. The van der Waals surface area contributed by atoms with Gasteiger partial charge in [0.15, 0.2) is 0 Å². The highest BCUT2D eigenvalue weighted by Gasteiger charge is 2.19. The van der Waals surface area contributed by atoms with Gasteiger partial charge in [0.1, 0.15) is 5.82 Å². The normalized spacial score (nSPS) is 11.1. The van der Waals surface area contributed by atoms with Crippen LogP contribution in [0.4, 0.5) is 11.5 Å². The van der Waals surface area contributed by atoms with Gasteiger partial charge in [-0.1, -0.05) is 45.0 Å². The standard InChI is InChI=1S/C22H24N4O/c1-22(2,3)18-9-4-5-10-19(18)26-21(27)16-11-13-24-20(14-16)25-15-17-8-6-7-12-23-17/h4-14H,15H2,1-3H3,(H,24,25)(H,26,27). The van der Waals surface area contributed by atoms with Crippen LogP contribution in [0.2, 0.25) is 0 Å². The summed E-state index contributed by atoms with van der Waals surface area (Å²) >= 11 is 0. The van der Waals surface area contributed by atoms with Crippen LogP contribution in [0.5, 0.6) is 0 Å². The molecule has 0 fully saturated rings. The molecule has 5 nitrogen and oxygen atoms in total. The van der Waals surface area contributed by atoms with Gasteiger partial charge in [-0.05, 0) is 41.3 Å². The van der Waals surface area contributed by atoms with Crippen LogP contribution in [0.3, 0.4) is 0 Å². The van der Waals surface area contributed by atoms with Crippen LogP contribution in [0.25, 0.3) is 0 Å². The second kappa shape index (κ2) is 7.99. The Kier molecular flexibility index (Phi) is 5.50. The first-order valence-corrected chi connectivity index (χ1v) is 8.94. The van der Waals surface area contributed by atoms with Crippen molar-refractivity contribution < 1.29 is 4.79 Å². The smallest absolute Gasteiger partial charge is 0.255 e. The Balaban J connectivity index is 1.73. The molecule has 0 saturated heterocycles. The minimum Gasteiger partial charge on any atom is -0.364 e. The first-order valence-electron chi connectivity index (χ1n) is 8.94. The van der Waals surface area contributed by atoms with Gasteiger partial charge in [0, 0.05) is 23.6 Å². The Morgan fingerprint density at radius 2 is 1.74 bits per heavy atom. The number of hydrogen-bond donors (Lipinski definition) is 2. The third-order valence-corrected chi connectivity index (χ3v) is 4.18. The molecule has 3 rings (SSSR count). The highest BCUT2D eigenvalue weighted by atomic mass is 16.1. The van der Waals surface area contributed by atoms with Crippen LogP contribution >= 0.6 is 0 Å². The van der Waals surface area contributed by atoms with Gasteiger partial charge in [0.2, 0.25) is 0 Å². The van der Waals surface area contributed by atoms with Crippen LogP contribution in [0.1, 0.15) is 42.4 Å². The number of benzene rings is 1. The SMILES string of the molecule is CC(C)(C)c1ccccc1NC(=O)c1ccnc(NCc2ccccn2)c1. The molecule has 2 heterocycles. The Morgan fingerprint density at radius 3 is 2.48 bits per heavy atom. The van der Waals surface area contributed by atoms with E-state index in [-0.39, 0.29) is 11.3 Å². The van der Waals surface area contributed by atoms with E-state index in [1.54, 1.807) is 24.5 Å². The molecule has 3 aromatic rings. The fraction of sp³-hybridized carbons (Fsp3) is 0.227. The van der Waals surface area contributed by atoms with E-state index in [2.05, 4.69) is 41.4 Å². The molecular formula is C22H24N4O. The monoisotopic (exact) mass is 360 g/mol. The lowest BCUT2D eigenvalue weighted by Gasteiger charge is -2.23. The minimum atomic E-state index is -0.157. The largest absolute Gasteiger partial charge is 0.364 e. The number of aromatic nitrogens is 2. The van der Waals surface area contributed by atoms with E-state index in [9.17, 15) is 4.79 Å². The van der Waals surface area contributed by atoms with Crippen molar-refractivity contribution in [3.05, 3.63) is 83.8 Å². The Bertz CT molecular complexity index is 917. The molecule has 5 heteroatoms. The summed E-state index contributed by atoms with van der Waals surface area (Å²) in [4.78, 5) is 21.3. The van der Waals surface area contributed by atoms with E-state index in [0.717, 1.165) is 16.9 Å². The number of carbonyl (C=O) groups is 1. The van der Waals surface area contributed by atoms with Gasteiger partial charge in [-0.2, -0.15) is 0 Å². The Labute approximate surface area is 159 Å². The second-order valence-corrected chi connectivity index (χ2v) is 7.35. The molecule has 1 amide bonds. The average molecular weight is 360 g/mol. The van der Waals surface area contributed by atoms with Crippen LogP contribution in [0, 0.1) is 0 Å². The lowest BCUT2D eigenvalue weighted by molar-refractivity contribution is 0.102. The summed E-state index contributed by atoms with van der Waals surface area (Å²) in [5.41, 5.74) is 3.33. The molecule has 0 atom stereocenters. The van der Waals surface area contributed by atoms with Crippen molar-refractivity contribution in [2.24, 2.45) is 0 Å². The van der Waals surface area contributed by atoms with Gasteiger partial charge in [-0.25, -0.2) is 4.98 Å². The zero-order chi connectivity index (χ0) is 19.3.